The predicted molar refractivity (Wildman–Crippen MR) is 111 cm³/mol. The zero-order valence-electron chi connectivity index (χ0n) is 16.2. The summed E-state index contributed by atoms with van der Waals surface area (Å²) in [7, 11) is 0. The van der Waals surface area contributed by atoms with E-state index in [0.717, 1.165) is 25.1 Å². The highest BCUT2D eigenvalue weighted by Crippen LogP contribution is 2.25. The molecule has 2 aromatic carbocycles. The Bertz CT molecular complexity index is 721. The first-order valence-electron chi connectivity index (χ1n) is 9.25. The molecule has 0 heterocycles. The largest absolute Gasteiger partial charge is 0.479 e. The van der Waals surface area contributed by atoms with Gasteiger partial charge >= 0.3 is 5.97 Å². The molecule has 4 nitrogen and oxygen atoms in total. The summed E-state index contributed by atoms with van der Waals surface area (Å²) in [4.78, 5) is 11.5. The number of hydrogen-bond acceptors (Lipinski definition) is 3. The Morgan fingerprint density at radius 1 is 1.07 bits per heavy atom. The molecule has 0 saturated heterocycles. The van der Waals surface area contributed by atoms with Crippen LogP contribution >= 0.6 is 11.6 Å². The summed E-state index contributed by atoms with van der Waals surface area (Å²) < 4.78 is 5.69. The van der Waals surface area contributed by atoms with Crippen LogP contribution in [-0.4, -0.2) is 23.7 Å². The van der Waals surface area contributed by atoms with Gasteiger partial charge in [0.25, 0.3) is 0 Å². The number of carbonyl (C=O) groups is 1. The molecule has 0 saturated carbocycles. The molecular formula is C22H28ClNO3. The third kappa shape index (κ3) is 7.14. The van der Waals surface area contributed by atoms with Crippen LogP contribution in [0.4, 0.5) is 5.69 Å². The Morgan fingerprint density at radius 3 is 2.26 bits per heavy atom. The van der Waals surface area contributed by atoms with Gasteiger partial charge in [0.05, 0.1) is 0 Å². The lowest BCUT2D eigenvalue weighted by atomic mass is 9.87. The summed E-state index contributed by atoms with van der Waals surface area (Å²) in [6.07, 6.45) is 1.26. The smallest absolute Gasteiger partial charge is 0.344 e. The SMILES string of the molecule is CC(C)(C)c1ccc(OC(CCCCNc2ccc(Cl)cc2)C(=O)O)cc1. The van der Waals surface area contributed by atoms with Crippen molar-refractivity contribution in [3.8, 4) is 5.75 Å². The molecule has 0 aliphatic heterocycles. The molecule has 0 aliphatic carbocycles. The molecule has 2 aromatic rings. The van der Waals surface area contributed by atoms with Gasteiger partial charge in [0.15, 0.2) is 6.10 Å². The van der Waals surface area contributed by atoms with Crippen LogP contribution in [0.2, 0.25) is 5.02 Å². The van der Waals surface area contributed by atoms with Crippen LogP contribution in [0.1, 0.15) is 45.6 Å². The highest BCUT2D eigenvalue weighted by molar-refractivity contribution is 6.30. The minimum Gasteiger partial charge on any atom is -0.479 e. The number of aliphatic carboxylic acids is 1. The molecule has 5 heteroatoms. The number of rotatable bonds is 9. The molecule has 0 fully saturated rings. The maximum absolute atomic E-state index is 11.5. The van der Waals surface area contributed by atoms with E-state index in [4.69, 9.17) is 16.3 Å². The molecule has 0 bridgehead atoms. The maximum atomic E-state index is 11.5. The van der Waals surface area contributed by atoms with E-state index in [1.54, 1.807) is 0 Å². The Labute approximate surface area is 166 Å². The number of nitrogens with one attached hydrogen (secondary N) is 1. The number of halogens is 1. The minimum atomic E-state index is -0.930. The Kier molecular flexibility index (Phi) is 7.55. The summed E-state index contributed by atoms with van der Waals surface area (Å²) in [5.74, 6) is -0.338. The van der Waals surface area contributed by atoms with Gasteiger partial charge in [-0.3, -0.25) is 0 Å². The van der Waals surface area contributed by atoms with Gasteiger partial charge in [0, 0.05) is 17.3 Å². The van der Waals surface area contributed by atoms with E-state index in [9.17, 15) is 9.90 Å². The third-order valence-electron chi connectivity index (χ3n) is 4.34. The summed E-state index contributed by atoms with van der Waals surface area (Å²) >= 11 is 5.86. The molecule has 0 spiro atoms. The highest BCUT2D eigenvalue weighted by Gasteiger charge is 2.19. The topological polar surface area (TPSA) is 58.6 Å². The molecule has 146 valence electrons. The highest BCUT2D eigenvalue weighted by atomic mass is 35.5. The van der Waals surface area contributed by atoms with E-state index in [2.05, 4.69) is 26.1 Å². The summed E-state index contributed by atoms with van der Waals surface area (Å²) in [6, 6.07) is 15.2. The molecule has 2 N–H and O–H groups in total. The molecule has 1 atom stereocenters. The zero-order chi connectivity index (χ0) is 19.9. The zero-order valence-corrected chi connectivity index (χ0v) is 16.9. The lowest BCUT2D eigenvalue weighted by molar-refractivity contribution is -0.145. The second-order valence-electron chi connectivity index (χ2n) is 7.65. The van der Waals surface area contributed by atoms with E-state index in [0.29, 0.717) is 17.2 Å². The number of carboxylic acids is 1. The van der Waals surface area contributed by atoms with Gasteiger partial charge in [0.1, 0.15) is 5.75 Å². The fourth-order valence-electron chi connectivity index (χ4n) is 2.69. The number of ether oxygens (including phenoxy) is 1. The number of benzene rings is 2. The molecule has 0 aliphatic rings. The van der Waals surface area contributed by atoms with Crippen LogP contribution in [-0.2, 0) is 10.2 Å². The van der Waals surface area contributed by atoms with Crippen LogP contribution in [0.3, 0.4) is 0 Å². The monoisotopic (exact) mass is 389 g/mol. The van der Waals surface area contributed by atoms with Crippen LogP contribution < -0.4 is 10.1 Å². The Morgan fingerprint density at radius 2 is 1.70 bits per heavy atom. The quantitative estimate of drug-likeness (QED) is 0.536. The van der Waals surface area contributed by atoms with Crippen molar-refractivity contribution in [1.82, 2.24) is 0 Å². The summed E-state index contributed by atoms with van der Waals surface area (Å²) in [6.45, 7) is 7.19. The van der Waals surface area contributed by atoms with Crippen molar-refractivity contribution in [2.24, 2.45) is 0 Å². The van der Waals surface area contributed by atoms with Gasteiger partial charge in [-0.05, 0) is 66.6 Å². The number of hydrogen-bond donors (Lipinski definition) is 2. The number of unbranched alkanes of at least 4 members (excludes halogenated alkanes) is 1. The first kappa shape index (κ1) is 21.1. The van der Waals surface area contributed by atoms with E-state index < -0.39 is 12.1 Å². The van der Waals surface area contributed by atoms with E-state index in [-0.39, 0.29) is 5.41 Å². The van der Waals surface area contributed by atoms with Gasteiger partial charge < -0.3 is 15.2 Å². The van der Waals surface area contributed by atoms with Crippen molar-refractivity contribution in [2.45, 2.75) is 51.6 Å². The van der Waals surface area contributed by atoms with E-state index in [1.807, 2.05) is 48.5 Å². The van der Waals surface area contributed by atoms with E-state index >= 15 is 0 Å². The number of carboxylic acid groups (broad SMARTS) is 1. The van der Waals surface area contributed by atoms with Gasteiger partial charge in [-0.25, -0.2) is 4.79 Å². The molecule has 2 rings (SSSR count). The van der Waals surface area contributed by atoms with Crippen LogP contribution in [0.15, 0.2) is 48.5 Å². The van der Waals surface area contributed by atoms with Crippen molar-refractivity contribution >= 4 is 23.3 Å². The first-order chi connectivity index (χ1) is 12.8. The van der Waals surface area contributed by atoms with Crippen LogP contribution in [0, 0.1) is 0 Å². The van der Waals surface area contributed by atoms with Crippen molar-refractivity contribution in [1.29, 1.82) is 0 Å². The molecule has 0 aromatic heterocycles. The minimum absolute atomic E-state index is 0.0574. The Hall–Kier alpha value is -2.20. The molecule has 27 heavy (non-hydrogen) atoms. The van der Waals surface area contributed by atoms with Crippen molar-refractivity contribution < 1.29 is 14.6 Å². The first-order valence-corrected chi connectivity index (χ1v) is 9.63. The fraction of sp³-hybridized carbons (Fsp3) is 0.409. The van der Waals surface area contributed by atoms with Gasteiger partial charge in [0.2, 0.25) is 0 Å². The number of anilines is 1. The standard InChI is InChI=1S/C22H28ClNO3/c1-22(2,3)16-7-13-19(14-8-16)27-20(21(25)26)6-4-5-15-24-18-11-9-17(23)10-12-18/h7-14,20,24H,4-6,15H2,1-3H3,(H,25,26). The lowest BCUT2D eigenvalue weighted by Gasteiger charge is -2.20. The predicted octanol–water partition coefficient (Wildman–Crippen LogP) is 5.75. The average molecular weight is 390 g/mol. The summed E-state index contributed by atoms with van der Waals surface area (Å²) in [5.41, 5.74) is 2.25. The van der Waals surface area contributed by atoms with Crippen molar-refractivity contribution in [2.75, 3.05) is 11.9 Å². The van der Waals surface area contributed by atoms with Crippen molar-refractivity contribution in [3.05, 3.63) is 59.1 Å². The van der Waals surface area contributed by atoms with Crippen LogP contribution in [0.5, 0.6) is 5.75 Å². The van der Waals surface area contributed by atoms with Crippen molar-refractivity contribution in [3.63, 3.8) is 0 Å². The maximum Gasteiger partial charge on any atom is 0.344 e. The van der Waals surface area contributed by atoms with Gasteiger partial charge in [-0.1, -0.05) is 44.5 Å². The molecule has 1 unspecified atom stereocenters. The van der Waals surface area contributed by atoms with Gasteiger partial charge in [-0.15, -0.1) is 0 Å². The van der Waals surface area contributed by atoms with Gasteiger partial charge in [-0.2, -0.15) is 0 Å². The normalized spacial score (nSPS) is 12.4. The molecular weight excluding hydrogens is 362 g/mol. The molecule has 0 amide bonds. The second kappa shape index (κ2) is 9.65. The van der Waals surface area contributed by atoms with E-state index in [1.165, 1.54) is 5.56 Å². The fourth-order valence-corrected chi connectivity index (χ4v) is 2.81. The average Bonchev–Trinajstić information content (AvgIpc) is 2.61. The third-order valence-corrected chi connectivity index (χ3v) is 4.59. The lowest BCUT2D eigenvalue weighted by Crippen LogP contribution is -2.27. The summed E-state index contributed by atoms with van der Waals surface area (Å²) in [5, 5.41) is 13.4. The second-order valence-corrected chi connectivity index (χ2v) is 8.08. The molecule has 0 radical (unpaired) electrons. The van der Waals surface area contributed by atoms with Crippen LogP contribution in [0.25, 0.3) is 0 Å². The Balaban J connectivity index is 1.78.